The van der Waals surface area contributed by atoms with Gasteiger partial charge in [0.1, 0.15) is 73.2 Å². The van der Waals surface area contributed by atoms with E-state index in [1.165, 1.54) is 205 Å². The molecule has 0 bridgehead atoms. The van der Waals surface area contributed by atoms with Crippen LogP contribution in [0.1, 0.15) is 335 Å². The molecule has 3 fully saturated rings. The van der Waals surface area contributed by atoms with Crippen molar-refractivity contribution >= 4 is 5.91 Å². The summed E-state index contributed by atoms with van der Waals surface area (Å²) in [5.41, 5.74) is 0. The van der Waals surface area contributed by atoms with Gasteiger partial charge in [0.15, 0.2) is 18.9 Å². The number of amides is 1. The van der Waals surface area contributed by atoms with Gasteiger partial charge in [0, 0.05) is 6.42 Å². The summed E-state index contributed by atoms with van der Waals surface area (Å²) in [6, 6.07) is -0.893. The van der Waals surface area contributed by atoms with E-state index in [1.54, 1.807) is 0 Å². The van der Waals surface area contributed by atoms with Crippen LogP contribution in [0.5, 0.6) is 0 Å². The molecule has 1 amide bonds. The van der Waals surface area contributed by atoms with Crippen molar-refractivity contribution in [2.45, 2.75) is 439 Å². The molecular formula is C90H159NO18. The predicted molar refractivity (Wildman–Crippen MR) is 438 cm³/mol. The van der Waals surface area contributed by atoms with E-state index in [4.69, 9.17) is 28.4 Å². The molecular weight excluding hydrogens is 1380 g/mol. The summed E-state index contributed by atoms with van der Waals surface area (Å²) in [6.07, 6.45) is 67.9. The number of hydrogen-bond donors (Lipinski definition) is 12. The fourth-order valence-corrected chi connectivity index (χ4v) is 14.5. The fourth-order valence-electron chi connectivity index (χ4n) is 14.5. The van der Waals surface area contributed by atoms with Gasteiger partial charge in [-0.2, -0.15) is 0 Å². The molecule has 0 aromatic rings. The Bertz CT molecular complexity index is 2340. The zero-order valence-corrected chi connectivity index (χ0v) is 68.0. The minimum absolute atomic E-state index is 0.240. The standard InChI is InChI=1S/C90H159NO18/c1-3-5-7-9-11-13-15-17-19-21-23-25-27-28-29-30-31-32-33-34-35-36-37-38-39-40-41-42-43-44-46-48-50-52-54-56-58-60-62-64-66-68-78(96)91-73(74(95)67-65-63-61-59-57-55-53-51-49-47-45-26-24-22-20-18-16-14-12-10-8-6-4-2)72-104-88-84(102)81(99)86(76(70-93)106-88)109-90-85(103)82(100)87(77(71-94)107-90)108-89-83(101)80(98)79(97)75(69-92)105-89/h5,7,11,13,17,19,23,25,28-29,31-32,34-35,37-38,73-77,79-90,92-95,97-103H,3-4,6,8-10,12,14-16,18,20-22,24,26-27,30,33,36,39-72H2,1-2H3,(H,91,96)/b7-5-,13-11-,19-17-,25-23-,29-28-,32-31-,35-34-,38-37-. The number of rotatable bonds is 70. The van der Waals surface area contributed by atoms with Crippen molar-refractivity contribution in [1.29, 1.82) is 0 Å². The average Bonchev–Trinajstić information content (AvgIpc) is 0.760. The van der Waals surface area contributed by atoms with Gasteiger partial charge in [-0.25, -0.2) is 0 Å². The zero-order valence-electron chi connectivity index (χ0n) is 68.0. The van der Waals surface area contributed by atoms with Crippen molar-refractivity contribution in [2.75, 3.05) is 26.4 Å². The molecule has 0 radical (unpaired) electrons. The quantitative estimate of drug-likeness (QED) is 0.0199. The van der Waals surface area contributed by atoms with Crippen LogP contribution < -0.4 is 5.32 Å². The van der Waals surface area contributed by atoms with Gasteiger partial charge in [-0.1, -0.05) is 349 Å². The van der Waals surface area contributed by atoms with Gasteiger partial charge < -0.3 is 89.9 Å². The highest BCUT2D eigenvalue weighted by molar-refractivity contribution is 5.76. The van der Waals surface area contributed by atoms with Crippen molar-refractivity contribution < 1.29 is 89.4 Å². The summed E-state index contributed by atoms with van der Waals surface area (Å²) in [5, 5.41) is 121. The Morgan fingerprint density at radius 3 is 0.991 bits per heavy atom. The number of nitrogens with one attached hydrogen (secondary N) is 1. The number of aliphatic hydroxyl groups is 11. The van der Waals surface area contributed by atoms with Crippen LogP contribution in [-0.2, 0) is 33.2 Å². The Morgan fingerprint density at radius 1 is 0.339 bits per heavy atom. The molecule has 19 nitrogen and oxygen atoms in total. The van der Waals surface area contributed by atoms with Crippen molar-refractivity contribution in [2.24, 2.45) is 0 Å². The summed E-state index contributed by atoms with van der Waals surface area (Å²) in [5.74, 6) is -0.240. The second-order valence-corrected chi connectivity index (χ2v) is 31.0. The molecule has 3 rings (SSSR count). The molecule has 3 aliphatic heterocycles. The second kappa shape index (κ2) is 69.1. The van der Waals surface area contributed by atoms with E-state index in [0.29, 0.717) is 12.8 Å². The van der Waals surface area contributed by atoms with Crippen molar-refractivity contribution in [3.63, 3.8) is 0 Å². The number of carbonyl (C=O) groups is 1. The molecule has 0 aromatic heterocycles. The molecule has 0 spiro atoms. The third-order valence-corrected chi connectivity index (χ3v) is 21.4. The fraction of sp³-hybridized carbons (Fsp3) is 0.811. The number of carbonyl (C=O) groups excluding carboxylic acids is 1. The lowest BCUT2D eigenvalue weighted by Crippen LogP contribution is -2.66. The molecule has 3 aliphatic rings. The normalized spacial score (nSPS) is 25.8. The van der Waals surface area contributed by atoms with E-state index < -0.39 is 124 Å². The highest BCUT2D eigenvalue weighted by Crippen LogP contribution is 2.33. The van der Waals surface area contributed by atoms with E-state index in [-0.39, 0.29) is 18.9 Å². The number of hydrogen-bond acceptors (Lipinski definition) is 18. The SMILES string of the molecule is CC/C=C\C/C=C\C/C=C\C/C=C\C/C=C\C/C=C\C/C=C\C/C=C\CCCCCCCCCCCCCCCCCCC(=O)NC(COC1OC(CO)C(OC2OC(CO)C(OC3OC(CO)C(O)C(O)C3O)C(O)C2O)C(O)C1O)C(O)CCCCCCCCCCCCCCCCCCCCCCCCC. The highest BCUT2D eigenvalue weighted by Gasteiger charge is 2.54. The van der Waals surface area contributed by atoms with Gasteiger partial charge in [0.05, 0.1) is 38.6 Å². The van der Waals surface area contributed by atoms with Gasteiger partial charge in [0.25, 0.3) is 0 Å². The summed E-state index contributed by atoms with van der Waals surface area (Å²) in [6.45, 7) is 1.73. The van der Waals surface area contributed by atoms with Crippen LogP contribution in [0.3, 0.4) is 0 Å². The molecule has 0 aromatic carbocycles. The summed E-state index contributed by atoms with van der Waals surface area (Å²) >= 11 is 0. The first-order valence-corrected chi connectivity index (χ1v) is 44.0. The molecule has 12 N–H and O–H groups in total. The Hall–Kier alpha value is -3.29. The van der Waals surface area contributed by atoms with Crippen LogP contribution >= 0.6 is 0 Å². The maximum Gasteiger partial charge on any atom is 0.220 e. The van der Waals surface area contributed by atoms with E-state index in [0.717, 1.165) is 96.3 Å². The zero-order chi connectivity index (χ0) is 78.8. The van der Waals surface area contributed by atoms with Crippen LogP contribution in [-0.4, -0.2) is 193 Å². The van der Waals surface area contributed by atoms with Crippen molar-refractivity contribution in [3.8, 4) is 0 Å². The smallest absolute Gasteiger partial charge is 0.220 e. The third-order valence-electron chi connectivity index (χ3n) is 21.4. The first kappa shape index (κ1) is 99.9. The minimum Gasteiger partial charge on any atom is -0.394 e. The van der Waals surface area contributed by atoms with Crippen LogP contribution in [0.4, 0.5) is 0 Å². The molecule has 17 atom stereocenters. The molecule has 0 aliphatic carbocycles. The van der Waals surface area contributed by atoms with Crippen LogP contribution in [0, 0.1) is 0 Å². The number of aliphatic hydroxyl groups excluding tert-OH is 11. The van der Waals surface area contributed by atoms with Crippen LogP contribution in [0.25, 0.3) is 0 Å². The van der Waals surface area contributed by atoms with E-state index >= 15 is 0 Å². The van der Waals surface area contributed by atoms with Crippen molar-refractivity contribution in [3.05, 3.63) is 97.2 Å². The number of unbranched alkanes of at least 4 members (excludes halogenated alkanes) is 38. The predicted octanol–water partition coefficient (Wildman–Crippen LogP) is 16.3. The van der Waals surface area contributed by atoms with Crippen molar-refractivity contribution in [1.82, 2.24) is 5.32 Å². The molecule has 19 heteroatoms. The average molecular weight is 1540 g/mol. The molecule has 0 saturated carbocycles. The Balaban J connectivity index is 1.31. The first-order valence-electron chi connectivity index (χ1n) is 44.0. The maximum absolute atomic E-state index is 13.5. The lowest BCUT2D eigenvalue weighted by molar-refractivity contribution is -0.379. The highest BCUT2D eigenvalue weighted by atomic mass is 16.8. The monoisotopic (exact) mass is 1540 g/mol. The Kier molecular flexibility index (Phi) is 63.3. The van der Waals surface area contributed by atoms with Gasteiger partial charge in [-0.15, -0.1) is 0 Å². The van der Waals surface area contributed by atoms with Gasteiger partial charge in [-0.05, 0) is 77.0 Å². The van der Waals surface area contributed by atoms with E-state index in [1.807, 2.05) is 0 Å². The first-order chi connectivity index (χ1) is 53.3. The number of allylic oxidation sites excluding steroid dienone is 16. The molecule has 3 saturated heterocycles. The minimum atomic E-state index is -1.98. The lowest BCUT2D eigenvalue weighted by atomic mass is 9.96. The van der Waals surface area contributed by atoms with Crippen LogP contribution in [0.2, 0.25) is 0 Å². The maximum atomic E-state index is 13.5. The van der Waals surface area contributed by atoms with Gasteiger partial charge in [0.2, 0.25) is 5.91 Å². The van der Waals surface area contributed by atoms with Crippen LogP contribution in [0.15, 0.2) is 97.2 Å². The summed E-state index contributed by atoms with van der Waals surface area (Å²) in [7, 11) is 0. The third kappa shape index (κ3) is 48.0. The topological polar surface area (TPSA) is 307 Å². The van der Waals surface area contributed by atoms with Gasteiger partial charge in [-0.3, -0.25) is 4.79 Å². The van der Waals surface area contributed by atoms with E-state index in [9.17, 15) is 61.0 Å². The van der Waals surface area contributed by atoms with E-state index in [2.05, 4.69) is 116 Å². The molecule has 109 heavy (non-hydrogen) atoms. The second-order valence-electron chi connectivity index (χ2n) is 31.0. The molecule has 3 heterocycles. The van der Waals surface area contributed by atoms with Gasteiger partial charge >= 0.3 is 0 Å². The summed E-state index contributed by atoms with van der Waals surface area (Å²) < 4.78 is 34.6. The molecule has 632 valence electrons. The Morgan fingerprint density at radius 2 is 0.633 bits per heavy atom. The summed E-state index contributed by atoms with van der Waals surface area (Å²) in [4.78, 5) is 13.5. The molecule has 17 unspecified atom stereocenters. The number of ether oxygens (including phenoxy) is 6. The lowest BCUT2D eigenvalue weighted by Gasteiger charge is -2.48. The largest absolute Gasteiger partial charge is 0.394 e. The Labute approximate surface area is 660 Å².